The summed E-state index contributed by atoms with van der Waals surface area (Å²) >= 11 is 0. The fourth-order valence-corrected chi connectivity index (χ4v) is 2.31. The summed E-state index contributed by atoms with van der Waals surface area (Å²) in [6.07, 6.45) is 0. The average Bonchev–Trinajstić information content (AvgIpc) is 2.42. The maximum atomic E-state index is 4.80. The summed E-state index contributed by atoms with van der Waals surface area (Å²) in [5.41, 5.74) is 5.91. The van der Waals surface area contributed by atoms with Gasteiger partial charge in [0.1, 0.15) is 11.6 Å². The van der Waals surface area contributed by atoms with Crippen LogP contribution in [-0.2, 0) is 0 Å². The van der Waals surface area contributed by atoms with Gasteiger partial charge in [-0.05, 0) is 31.9 Å². The lowest BCUT2D eigenvalue weighted by Crippen LogP contribution is -2.07. The van der Waals surface area contributed by atoms with E-state index in [9.17, 15) is 0 Å². The molecule has 0 aliphatic heterocycles. The zero-order valence-corrected chi connectivity index (χ0v) is 13.2. The van der Waals surface area contributed by atoms with Gasteiger partial charge in [-0.15, -0.1) is 0 Å². The van der Waals surface area contributed by atoms with E-state index in [1.54, 1.807) is 0 Å². The maximum Gasteiger partial charge on any atom is 0.133 e. The number of hydrogen-bond acceptors (Lipinski definition) is 3. The highest BCUT2D eigenvalue weighted by atomic mass is 15.0. The third kappa shape index (κ3) is 2.53. The van der Waals surface area contributed by atoms with Crippen LogP contribution in [0.2, 0.25) is 0 Å². The fraction of sp³-hybridized carbons (Fsp3) is 0.412. The van der Waals surface area contributed by atoms with E-state index in [2.05, 4.69) is 63.1 Å². The van der Waals surface area contributed by atoms with Crippen LogP contribution in [0.1, 0.15) is 42.3 Å². The topological polar surface area (TPSA) is 37.8 Å². The van der Waals surface area contributed by atoms with Crippen molar-refractivity contribution in [3.8, 4) is 11.3 Å². The summed E-state index contributed by atoms with van der Waals surface area (Å²) in [4.78, 5) is 9.41. The summed E-state index contributed by atoms with van der Waals surface area (Å²) in [5.74, 6) is 2.11. The Labute approximate surface area is 121 Å². The summed E-state index contributed by atoms with van der Waals surface area (Å²) in [6.45, 7) is 10.6. The molecule has 2 aromatic rings. The second kappa shape index (κ2) is 5.61. The maximum absolute atomic E-state index is 4.80. The Morgan fingerprint density at radius 2 is 1.70 bits per heavy atom. The summed E-state index contributed by atoms with van der Waals surface area (Å²) in [7, 11) is 1.91. The molecule has 20 heavy (non-hydrogen) atoms. The van der Waals surface area contributed by atoms with Crippen LogP contribution < -0.4 is 5.32 Å². The van der Waals surface area contributed by atoms with Crippen LogP contribution in [0, 0.1) is 20.8 Å². The second-order valence-corrected chi connectivity index (χ2v) is 5.56. The third-order valence-corrected chi connectivity index (χ3v) is 3.78. The first kappa shape index (κ1) is 14.5. The number of aryl methyl sites for hydroxylation is 1. The molecule has 0 atom stereocenters. The van der Waals surface area contributed by atoms with Gasteiger partial charge in [-0.2, -0.15) is 0 Å². The van der Waals surface area contributed by atoms with Gasteiger partial charge in [-0.25, -0.2) is 9.97 Å². The predicted molar refractivity (Wildman–Crippen MR) is 85.3 cm³/mol. The summed E-state index contributed by atoms with van der Waals surface area (Å²) < 4.78 is 0. The largest absolute Gasteiger partial charge is 0.373 e. The Balaban J connectivity index is 2.72. The van der Waals surface area contributed by atoms with E-state index in [-0.39, 0.29) is 0 Å². The van der Waals surface area contributed by atoms with E-state index in [1.807, 2.05) is 7.05 Å². The van der Waals surface area contributed by atoms with Gasteiger partial charge in [0.25, 0.3) is 0 Å². The molecule has 0 spiro atoms. The molecule has 0 fully saturated rings. The highest BCUT2D eigenvalue weighted by Crippen LogP contribution is 2.30. The Hall–Kier alpha value is -1.90. The van der Waals surface area contributed by atoms with Crippen LogP contribution >= 0.6 is 0 Å². The zero-order chi connectivity index (χ0) is 14.9. The van der Waals surface area contributed by atoms with Crippen molar-refractivity contribution in [1.82, 2.24) is 9.97 Å². The SMILES string of the molecule is CNc1nc(C(C)C)nc(-c2cccc(C)c2C)c1C. The number of aromatic nitrogens is 2. The second-order valence-electron chi connectivity index (χ2n) is 5.56. The fourth-order valence-electron chi connectivity index (χ4n) is 2.31. The van der Waals surface area contributed by atoms with Crippen LogP contribution in [0.25, 0.3) is 11.3 Å². The Morgan fingerprint density at radius 3 is 2.30 bits per heavy atom. The van der Waals surface area contributed by atoms with Gasteiger partial charge < -0.3 is 5.32 Å². The Morgan fingerprint density at radius 1 is 1.00 bits per heavy atom. The quantitative estimate of drug-likeness (QED) is 0.906. The zero-order valence-electron chi connectivity index (χ0n) is 13.2. The smallest absolute Gasteiger partial charge is 0.133 e. The average molecular weight is 269 g/mol. The highest BCUT2D eigenvalue weighted by molar-refractivity contribution is 5.71. The minimum atomic E-state index is 0.312. The monoisotopic (exact) mass is 269 g/mol. The van der Waals surface area contributed by atoms with E-state index in [0.717, 1.165) is 22.9 Å². The molecule has 1 aromatic carbocycles. The van der Waals surface area contributed by atoms with Gasteiger partial charge in [-0.3, -0.25) is 0 Å². The van der Waals surface area contributed by atoms with Crippen molar-refractivity contribution >= 4 is 5.82 Å². The Kier molecular flexibility index (Phi) is 4.07. The molecule has 1 N–H and O–H groups in total. The minimum absolute atomic E-state index is 0.312. The minimum Gasteiger partial charge on any atom is -0.373 e. The molecule has 0 radical (unpaired) electrons. The van der Waals surface area contributed by atoms with Crippen molar-refractivity contribution < 1.29 is 0 Å². The Bertz CT molecular complexity index is 630. The van der Waals surface area contributed by atoms with E-state index in [0.29, 0.717) is 5.92 Å². The van der Waals surface area contributed by atoms with Gasteiger partial charge in [0, 0.05) is 24.1 Å². The van der Waals surface area contributed by atoms with Gasteiger partial charge in [0.05, 0.1) is 5.69 Å². The van der Waals surface area contributed by atoms with E-state index >= 15 is 0 Å². The number of hydrogen-bond donors (Lipinski definition) is 1. The van der Waals surface area contributed by atoms with E-state index < -0.39 is 0 Å². The standard InChI is InChI=1S/C17H23N3/c1-10(2)16-19-15(13(5)17(18-6)20-16)14-9-7-8-11(3)12(14)4/h7-10H,1-6H3,(H,18,19,20). The molecule has 0 unspecified atom stereocenters. The first-order valence-electron chi connectivity index (χ1n) is 7.08. The summed E-state index contributed by atoms with van der Waals surface area (Å²) in [6, 6.07) is 6.37. The van der Waals surface area contributed by atoms with Gasteiger partial charge >= 0.3 is 0 Å². The normalized spacial score (nSPS) is 10.9. The number of rotatable bonds is 3. The summed E-state index contributed by atoms with van der Waals surface area (Å²) in [5, 5.41) is 3.18. The lowest BCUT2D eigenvalue weighted by atomic mass is 9.98. The lowest BCUT2D eigenvalue weighted by Gasteiger charge is -2.16. The van der Waals surface area contributed by atoms with Crippen molar-refractivity contribution in [3.05, 3.63) is 40.7 Å². The van der Waals surface area contributed by atoms with Crippen molar-refractivity contribution in [1.29, 1.82) is 0 Å². The molecule has 106 valence electrons. The third-order valence-electron chi connectivity index (χ3n) is 3.78. The van der Waals surface area contributed by atoms with Crippen molar-refractivity contribution in [2.45, 2.75) is 40.5 Å². The number of nitrogens with one attached hydrogen (secondary N) is 1. The van der Waals surface area contributed by atoms with Gasteiger partial charge in [0.2, 0.25) is 0 Å². The molecule has 1 heterocycles. The molecule has 0 aliphatic rings. The van der Waals surface area contributed by atoms with Gasteiger partial charge in [0.15, 0.2) is 0 Å². The number of nitrogens with zero attached hydrogens (tertiary/aromatic N) is 2. The van der Waals surface area contributed by atoms with Crippen molar-refractivity contribution in [2.24, 2.45) is 0 Å². The molecular formula is C17H23N3. The molecule has 0 saturated carbocycles. The lowest BCUT2D eigenvalue weighted by molar-refractivity contribution is 0.775. The first-order valence-corrected chi connectivity index (χ1v) is 7.08. The first-order chi connectivity index (χ1) is 9.45. The molecule has 0 saturated heterocycles. The number of anilines is 1. The van der Waals surface area contributed by atoms with Crippen LogP contribution in [-0.4, -0.2) is 17.0 Å². The van der Waals surface area contributed by atoms with Gasteiger partial charge in [-0.1, -0.05) is 32.0 Å². The predicted octanol–water partition coefficient (Wildman–Crippen LogP) is 4.23. The van der Waals surface area contributed by atoms with E-state index in [1.165, 1.54) is 16.7 Å². The molecule has 3 heteroatoms. The van der Waals surface area contributed by atoms with Crippen LogP contribution in [0.3, 0.4) is 0 Å². The highest BCUT2D eigenvalue weighted by Gasteiger charge is 2.15. The van der Waals surface area contributed by atoms with E-state index in [4.69, 9.17) is 4.98 Å². The molecule has 3 nitrogen and oxygen atoms in total. The molecule has 2 rings (SSSR count). The van der Waals surface area contributed by atoms with Crippen molar-refractivity contribution in [3.63, 3.8) is 0 Å². The molecule has 1 aromatic heterocycles. The van der Waals surface area contributed by atoms with Crippen LogP contribution in [0.5, 0.6) is 0 Å². The van der Waals surface area contributed by atoms with Crippen LogP contribution in [0.4, 0.5) is 5.82 Å². The molecular weight excluding hydrogens is 246 g/mol. The number of benzene rings is 1. The van der Waals surface area contributed by atoms with Crippen LogP contribution in [0.15, 0.2) is 18.2 Å². The molecule has 0 bridgehead atoms. The molecule has 0 aliphatic carbocycles. The van der Waals surface area contributed by atoms with Crippen molar-refractivity contribution in [2.75, 3.05) is 12.4 Å². The molecule has 0 amide bonds.